The maximum Gasteiger partial charge on any atom is 0.257 e. The number of halogens is 1. The highest BCUT2D eigenvalue weighted by Gasteiger charge is 2.08. The van der Waals surface area contributed by atoms with Gasteiger partial charge in [-0.25, -0.2) is 0 Å². The van der Waals surface area contributed by atoms with Gasteiger partial charge in [-0.1, -0.05) is 28.1 Å². The Morgan fingerprint density at radius 2 is 2.29 bits per heavy atom. The van der Waals surface area contributed by atoms with Crippen LogP contribution in [0.2, 0.25) is 0 Å². The van der Waals surface area contributed by atoms with Gasteiger partial charge in [0.05, 0.1) is 0 Å². The summed E-state index contributed by atoms with van der Waals surface area (Å²) in [5.74, 6) is -0.229. The zero-order chi connectivity index (χ0) is 12.8. The predicted molar refractivity (Wildman–Crippen MR) is 77.1 cm³/mol. The van der Waals surface area contributed by atoms with Crippen molar-refractivity contribution in [2.45, 2.75) is 6.92 Å². The molecule has 3 nitrogen and oxygen atoms in total. The first kappa shape index (κ1) is 13.9. The summed E-state index contributed by atoms with van der Waals surface area (Å²) in [6.45, 7) is 6.04. The molecule has 1 amide bonds. The van der Waals surface area contributed by atoms with Crippen molar-refractivity contribution in [1.82, 2.24) is 10.6 Å². The van der Waals surface area contributed by atoms with Gasteiger partial charge < -0.3 is 5.32 Å². The number of rotatable bonds is 3. The Labute approximate surface area is 114 Å². The van der Waals surface area contributed by atoms with Gasteiger partial charge in [0, 0.05) is 16.6 Å². The lowest BCUT2D eigenvalue weighted by Gasteiger charge is -2.08. The molecule has 0 atom stereocenters. The number of amides is 1. The van der Waals surface area contributed by atoms with Gasteiger partial charge in [0.15, 0.2) is 5.11 Å². The molecular formula is C12H13BrN2OS. The minimum Gasteiger partial charge on any atom is -0.359 e. The van der Waals surface area contributed by atoms with Crippen molar-refractivity contribution in [3.8, 4) is 0 Å². The van der Waals surface area contributed by atoms with Gasteiger partial charge >= 0.3 is 0 Å². The Bertz CT molecular complexity index is 460. The molecule has 0 aliphatic carbocycles. The van der Waals surface area contributed by atoms with Crippen LogP contribution in [0.15, 0.2) is 35.3 Å². The maximum atomic E-state index is 11.8. The monoisotopic (exact) mass is 312 g/mol. The molecule has 0 aliphatic rings. The number of carbonyl (C=O) groups excluding carboxylic acids is 1. The van der Waals surface area contributed by atoms with Gasteiger partial charge in [0.1, 0.15) is 0 Å². The summed E-state index contributed by atoms with van der Waals surface area (Å²) in [5, 5.41) is 5.72. The maximum absolute atomic E-state index is 11.8. The van der Waals surface area contributed by atoms with Crippen molar-refractivity contribution in [2.24, 2.45) is 0 Å². The third-order valence-corrected chi connectivity index (χ3v) is 3.17. The van der Waals surface area contributed by atoms with E-state index < -0.39 is 0 Å². The van der Waals surface area contributed by atoms with E-state index in [0.29, 0.717) is 17.2 Å². The molecule has 1 aromatic carbocycles. The van der Waals surface area contributed by atoms with E-state index in [1.807, 2.05) is 13.0 Å². The van der Waals surface area contributed by atoms with Gasteiger partial charge in [0.25, 0.3) is 5.91 Å². The molecule has 1 rings (SSSR count). The van der Waals surface area contributed by atoms with Crippen molar-refractivity contribution in [3.63, 3.8) is 0 Å². The SMILES string of the molecule is C=CCNC(=S)NC(=O)c1ccc(C)c(Br)c1. The molecule has 0 radical (unpaired) electrons. The first-order valence-corrected chi connectivity index (χ1v) is 6.21. The van der Waals surface area contributed by atoms with E-state index in [-0.39, 0.29) is 5.91 Å². The van der Waals surface area contributed by atoms with E-state index in [1.165, 1.54) is 0 Å². The van der Waals surface area contributed by atoms with Crippen LogP contribution in [0.25, 0.3) is 0 Å². The van der Waals surface area contributed by atoms with Crippen LogP contribution in [-0.2, 0) is 0 Å². The molecule has 1 aromatic rings. The lowest BCUT2D eigenvalue weighted by Crippen LogP contribution is -2.39. The van der Waals surface area contributed by atoms with Crippen LogP contribution in [0.1, 0.15) is 15.9 Å². The zero-order valence-corrected chi connectivity index (χ0v) is 11.8. The number of carbonyl (C=O) groups is 1. The number of thiocarbonyl (C=S) groups is 1. The zero-order valence-electron chi connectivity index (χ0n) is 9.42. The number of nitrogens with one attached hydrogen (secondary N) is 2. The Morgan fingerprint density at radius 3 is 2.88 bits per heavy atom. The van der Waals surface area contributed by atoms with Gasteiger partial charge in [-0.2, -0.15) is 0 Å². The summed E-state index contributed by atoms with van der Waals surface area (Å²) in [6.07, 6.45) is 1.67. The quantitative estimate of drug-likeness (QED) is 0.666. The first-order chi connectivity index (χ1) is 8.04. The normalized spacial score (nSPS) is 9.53. The fourth-order valence-electron chi connectivity index (χ4n) is 1.12. The molecule has 0 saturated carbocycles. The van der Waals surface area contributed by atoms with Crippen LogP contribution < -0.4 is 10.6 Å². The Hall–Kier alpha value is -1.20. The lowest BCUT2D eigenvalue weighted by molar-refractivity contribution is 0.0976. The molecule has 0 unspecified atom stereocenters. The molecule has 0 bridgehead atoms. The molecule has 17 heavy (non-hydrogen) atoms. The molecule has 0 aliphatic heterocycles. The van der Waals surface area contributed by atoms with E-state index >= 15 is 0 Å². The van der Waals surface area contributed by atoms with Crippen LogP contribution in [-0.4, -0.2) is 17.6 Å². The van der Waals surface area contributed by atoms with Crippen molar-refractivity contribution < 1.29 is 4.79 Å². The van der Waals surface area contributed by atoms with Crippen LogP contribution in [0.4, 0.5) is 0 Å². The summed E-state index contributed by atoms with van der Waals surface area (Å²) in [6, 6.07) is 5.39. The fourth-order valence-corrected chi connectivity index (χ4v) is 1.67. The van der Waals surface area contributed by atoms with Crippen LogP contribution in [0, 0.1) is 6.92 Å². The van der Waals surface area contributed by atoms with Crippen molar-refractivity contribution >= 4 is 39.2 Å². The summed E-state index contributed by atoms with van der Waals surface area (Å²) in [5.41, 5.74) is 1.64. The van der Waals surface area contributed by atoms with E-state index in [0.717, 1.165) is 10.0 Å². The standard InChI is InChI=1S/C12H13BrN2OS/c1-3-6-14-12(17)15-11(16)9-5-4-8(2)10(13)7-9/h3-5,7H,1,6H2,2H3,(H2,14,15,16,17). The summed E-state index contributed by atoms with van der Waals surface area (Å²) in [7, 11) is 0. The second kappa shape index (κ2) is 6.51. The highest BCUT2D eigenvalue weighted by molar-refractivity contribution is 9.10. The number of aryl methyl sites for hydroxylation is 1. The molecule has 2 N–H and O–H groups in total. The Kier molecular flexibility index (Phi) is 5.31. The third-order valence-electron chi connectivity index (χ3n) is 2.07. The van der Waals surface area contributed by atoms with Gasteiger partial charge in [-0.3, -0.25) is 10.1 Å². The molecule has 0 saturated heterocycles. The summed E-state index contributed by atoms with van der Waals surface area (Å²) >= 11 is 8.33. The first-order valence-electron chi connectivity index (χ1n) is 5.01. The molecule has 0 fully saturated rings. The summed E-state index contributed by atoms with van der Waals surface area (Å²) in [4.78, 5) is 11.8. The van der Waals surface area contributed by atoms with Crippen molar-refractivity contribution in [2.75, 3.05) is 6.54 Å². The molecule has 0 aromatic heterocycles. The van der Waals surface area contributed by atoms with Crippen molar-refractivity contribution in [1.29, 1.82) is 0 Å². The van der Waals surface area contributed by atoms with Gasteiger partial charge in [-0.15, -0.1) is 6.58 Å². The molecule has 0 heterocycles. The van der Waals surface area contributed by atoms with Crippen molar-refractivity contribution in [3.05, 3.63) is 46.5 Å². The highest BCUT2D eigenvalue weighted by atomic mass is 79.9. The topological polar surface area (TPSA) is 41.1 Å². The highest BCUT2D eigenvalue weighted by Crippen LogP contribution is 2.17. The van der Waals surface area contributed by atoms with Gasteiger partial charge in [0.2, 0.25) is 0 Å². The molecule has 5 heteroatoms. The molecule has 0 spiro atoms. The molecular weight excluding hydrogens is 300 g/mol. The van der Waals surface area contributed by atoms with Crippen LogP contribution >= 0.6 is 28.1 Å². The fraction of sp³-hybridized carbons (Fsp3) is 0.167. The summed E-state index contributed by atoms with van der Waals surface area (Å²) < 4.78 is 0.898. The van der Waals surface area contributed by atoms with E-state index in [4.69, 9.17) is 12.2 Å². The minimum atomic E-state index is -0.229. The average molecular weight is 313 g/mol. The lowest BCUT2D eigenvalue weighted by atomic mass is 10.1. The van der Waals surface area contributed by atoms with Crippen LogP contribution in [0.3, 0.4) is 0 Å². The average Bonchev–Trinajstić information content (AvgIpc) is 2.30. The number of hydrogen-bond acceptors (Lipinski definition) is 2. The number of hydrogen-bond donors (Lipinski definition) is 2. The minimum absolute atomic E-state index is 0.229. The van der Waals surface area contributed by atoms with Gasteiger partial charge in [-0.05, 0) is 36.8 Å². The van der Waals surface area contributed by atoms with E-state index in [1.54, 1.807) is 18.2 Å². The number of benzene rings is 1. The Morgan fingerprint density at radius 1 is 1.59 bits per heavy atom. The van der Waals surface area contributed by atoms with E-state index in [9.17, 15) is 4.79 Å². The van der Waals surface area contributed by atoms with E-state index in [2.05, 4.69) is 33.1 Å². The third kappa shape index (κ3) is 4.28. The second-order valence-corrected chi connectivity index (χ2v) is 4.68. The predicted octanol–water partition coefficient (Wildman–Crippen LogP) is 2.55. The second-order valence-electron chi connectivity index (χ2n) is 3.42. The molecule has 90 valence electrons. The van der Waals surface area contributed by atoms with Crippen LogP contribution in [0.5, 0.6) is 0 Å². The largest absolute Gasteiger partial charge is 0.359 e. The Balaban J connectivity index is 2.66. The smallest absolute Gasteiger partial charge is 0.257 e.